The monoisotopic (exact) mass is 201 g/mol. The molecule has 0 aliphatic carbocycles. The second-order valence-corrected chi connectivity index (χ2v) is 2.90. The minimum Gasteiger partial charge on any atom is -0.236 e. The van der Waals surface area contributed by atoms with Crippen LogP contribution < -0.4 is 0 Å². The Hall–Kier alpha value is -0.290. The van der Waals surface area contributed by atoms with Gasteiger partial charge in [-0.15, -0.1) is 22.9 Å². The SMILES string of the molecule is FC(F)(F)c1nc(CCl)cs1. The van der Waals surface area contributed by atoms with Gasteiger partial charge in [-0.1, -0.05) is 0 Å². The van der Waals surface area contributed by atoms with Crippen LogP contribution in [0.25, 0.3) is 0 Å². The van der Waals surface area contributed by atoms with Gasteiger partial charge in [0.15, 0.2) is 5.01 Å². The molecule has 0 aliphatic heterocycles. The number of thiazole rings is 1. The lowest BCUT2D eigenvalue weighted by Gasteiger charge is -1.98. The van der Waals surface area contributed by atoms with Crippen molar-refractivity contribution < 1.29 is 13.2 Å². The van der Waals surface area contributed by atoms with Gasteiger partial charge in [0.25, 0.3) is 0 Å². The van der Waals surface area contributed by atoms with Gasteiger partial charge in [0.2, 0.25) is 0 Å². The Kier molecular flexibility index (Phi) is 2.39. The Bertz CT molecular complexity index is 244. The van der Waals surface area contributed by atoms with Gasteiger partial charge < -0.3 is 0 Å². The van der Waals surface area contributed by atoms with Crippen LogP contribution >= 0.6 is 22.9 Å². The normalized spacial score (nSPS) is 12.0. The van der Waals surface area contributed by atoms with Gasteiger partial charge in [-0.2, -0.15) is 13.2 Å². The van der Waals surface area contributed by atoms with Gasteiger partial charge in [-0.05, 0) is 0 Å². The summed E-state index contributed by atoms with van der Waals surface area (Å²) in [6.45, 7) is 0. The summed E-state index contributed by atoms with van der Waals surface area (Å²) < 4.78 is 35.5. The summed E-state index contributed by atoms with van der Waals surface area (Å²) in [6, 6.07) is 0. The molecule has 1 rings (SSSR count). The molecule has 0 fully saturated rings. The predicted octanol–water partition coefficient (Wildman–Crippen LogP) is 2.90. The highest BCUT2D eigenvalue weighted by molar-refractivity contribution is 7.09. The first kappa shape index (κ1) is 8.80. The van der Waals surface area contributed by atoms with E-state index in [1.807, 2.05) is 0 Å². The third kappa shape index (κ3) is 2.07. The average molecular weight is 202 g/mol. The highest BCUT2D eigenvalue weighted by Gasteiger charge is 2.34. The molecule has 1 aromatic heterocycles. The summed E-state index contributed by atoms with van der Waals surface area (Å²) in [7, 11) is 0. The highest BCUT2D eigenvalue weighted by Crippen LogP contribution is 2.31. The summed E-state index contributed by atoms with van der Waals surface area (Å²) in [5.74, 6) is 0.0204. The van der Waals surface area contributed by atoms with Crippen molar-refractivity contribution >= 4 is 22.9 Å². The van der Waals surface area contributed by atoms with Gasteiger partial charge >= 0.3 is 6.18 Å². The molecule has 0 unspecified atom stereocenters. The van der Waals surface area contributed by atoms with Gasteiger partial charge in [0.05, 0.1) is 11.6 Å². The van der Waals surface area contributed by atoms with Crippen molar-refractivity contribution in [3.8, 4) is 0 Å². The minimum atomic E-state index is -4.34. The minimum absolute atomic E-state index is 0.0204. The molecule has 0 saturated heterocycles. The van der Waals surface area contributed by atoms with E-state index < -0.39 is 11.2 Å². The van der Waals surface area contributed by atoms with Crippen molar-refractivity contribution in [3.63, 3.8) is 0 Å². The molecule has 0 N–H and O–H groups in total. The molecular weight excluding hydrogens is 199 g/mol. The molecule has 1 aromatic rings. The van der Waals surface area contributed by atoms with Crippen LogP contribution in [-0.4, -0.2) is 4.98 Å². The third-order valence-corrected chi connectivity index (χ3v) is 2.14. The zero-order chi connectivity index (χ0) is 8.48. The van der Waals surface area contributed by atoms with Crippen LogP contribution in [-0.2, 0) is 12.1 Å². The highest BCUT2D eigenvalue weighted by atomic mass is 35.5. The van der Waals surface area contributed by atoms with Gasteiger partial charge in [-0.25, -0.2) is 4.98 Å². The van der Waals surface area contributed by atoms with E-state index in [4.69, 9.17) is 11.6 Å². The quantitative estimate of drug-likeness (QED) is 0.637. The number of hydrogen-bond donors (Lipinski definition) is 0. The zero-order valence-corrected chi connectivity index (χ0v) is 6.72. The molecular formula is C5H3ClF3NS. The second-order valence-electron chi connectivity index (χ2n) is 1.78. The van der Waals surface area contributed by atoms with E-state index in [-0.39, 0.29) is 11.6 Å². The van der Waals surface area contributed by atoms with Crippen molar-refractivity contribution in [1.29, 1.82) is 0 Å². The fraction of sp³-hybridized carbons (Fsp3) is 0.400. The Labute approximate surface area is 69.8 Å². The number of halogens is 4. The average Bonchev–Trinajstić information content (AvgIpc) is 2.32. The maximum absolute atomic E-state index is 11.8. The first-order valence-electron chi connectivity index (χ1n) is 2.61. The summed E-state index contributed by atoms with van der Waals surface area (Å²) in [4.78, 5) is 3.26. The van der Waals surface area contributed by atoms with Crippen molar-refractivity contribution in [1.82, 2.24) is 4.98 Å². The standard InChI is InChI=1S/C5H3ClF3NS/c6-1-3-2-11-4(10-3)5(7,8)9/h2H,1H2. The largest absolute Gasteiger partial charge is 0.443 e. The number of aromatic nitrogens is 1. The van der Waals surface area contributed by atoms with E-state index in [2.05, 4.69) is 4.98 Å². The van der Waals surface area contributed by atoms with Crippen LogP contribution in [0.2, 0.25) is 0 Å². The van der Waals surface area contributed by atoms with Crippen LogP contribution in [0.1, 0.15) is 10.7 Å². The van der Waals surface area contributed by atoms with Gasteiger partial charge in [-0.3, -0.25) is 0 Å². The second kappa shape index (κ2) is 2.98. The molecule has 6 heteroatoms. The molecule has 0 bridgehead atoms. The smallest absolute Gasteiger partial charge is 0.236 e. The van der Waals surface area contributed by atoms with E-state index in [1.54, 1.807) is 0 Å². The van der Waals surface area contributed by atoms with Gasteiger partial charge in [0, 0.05) is 5.38 Å². The molecule has 0 aromatic carbocycles. The molecule has 0 aliphatic rings. The van der Waals surface area contributed by atoms with Crippen molar-refractivity contribution in [3.05, 3.63) is 16.1 Å². The fourth-order valence-electron chi connectivity index (χ4n) is 0.499. The molecule has 0 saturated carbocycles. The fourth-order valence-corrected chi connectivity index (χ4v) is 1.41. The topological polar surface area (TPSA) is 12.9 Å². The lowest BCUT2D eigenvalue weighted by molar-refractivity contribution is -0.137. The van der Waals surface area contributed by atoms with Crippen LogP contribution in [0.15, 0.2) is 5.38 Å². The van der Waals surface area contributed by atoms with Crippen LogP contribution in [0, 0.1) is 0 Å². The predicted molar refractivity (Wildman–Crippen MR) is 36.7 cm³/mol. The molecule has 0 amide bonds. The Morgan fingerprint density at radius 3 is 2.45 bits per heavy atom. The van der Waals surface area contributed by atoms with Gasteiger partial charge in [0.1, 0.15) is 0 Å². The third-order valence-electron chi connectivity index (χ3n) is 0.931. The number of nitrogens with zero attached hydrogens (tertiary/aromatic N) is 1. The maximum Gasteiger partial charge on any atom is 0.443 e. The number of hydrogen-bond acceptors (Lipinski definition) is 2. The van der Waals surface area contributed by atoms with E-state index in [0.717, 1.165) is 0 Å². The molecule has 0 radical (unpaired) electrons. The van der Waals surface area contributed by atoms with Crippen LogP contribution in [0.3, 0.4) is 0 Å². The molecule has 1 heterocycles. The molecule has 62 valence electrons. The van der Waals surface area contributed by atoms with Crippen molar-refractivity contribution in [2.45, 2.75) is 12.1 Å². The summed E-state index contributed by atoms with van der Waals surface area (Å²) in [5.41, 5.74) is 0.268. The number of rotatable bonds is 1. The van der Waals surface area contributed by atoms with E-state index in [9.17, 15) is 13.2 Å². The first-order valence-corrected chi connectivity index (χ1v) is 4.03. The van der Waals surface area contributed by atoms with Crippen LogP contribution in [0.5, 0.6) is 0 Å². The maximum atomic E-state index is 11.8. The first-order chi connectivity index (χ1) is 5.04. The lowest BCUT2D eigenvalue weighted by atomic mass is 10.6. The zero-order valence-electron chi connectivity index (χ0n) is 5.15. The Morgan fingerprint density at radius 1 is 1.55 bits per heavy atom. The van der Waals surface area contributed by atoms with Crippen LogP contribution in [0.4, 0.5) is 13.2 Å². The molecule has 11 heavy (non-hydrogen) atoms. The molecule has 0 atom stereocenters. The Balaban J connectivity index is 2.89. The summed E-state index contributed by atoms with van der Waals surface area (Å²) >= 11 is 5.83. The molecule has 0 spiro atoms. The Morgan fingerprint density at radius 2 is 2.18 bits per heavy atom. The summed E-state index contributed by atoms with van der Waals surface area (Å²) in [6.07, 6.45) is -4.34. The number of alkyl halides is 4. The molecule has 1 nitrogen and oxygen atoms in total. The van der Waals surface area contributed by atoms with Crippen molar-refractivity contribution in [2.24, 2.45) is 0 Å². The van der Waals surface area contributed by atoms with E-state index in [0.29, 0.717) is 11.3 Å². The summed E-state index contributed by atoms with van der Waals surface area (Å²) in [5, 5.41) is 0.462. The van der Waals surface area contributed by atoms with Crippen molar-refractivity contribution in [2.75, 3.05) is 0 Å². The van der Waals surface area contributed by atoms with E-state index >= 15 is 0 Å². The van der Waals surface area contributed by atoms with E-state index in [1.165, 1.54) is 5.38 Å². The lowest BCUT2D eigenvalue weighted by Crippen LogP contribution is -2.03.